The fraction of sp³-hybridized carbons (Fsp3) is 0.950. The first-order valence-electron chi connectivity index (χ1n) is 10.3. The van der Waals surface area contributed by atoms with Crippen LogP contribution in [0.15, 0.2) is 0 Å². The normalized spacial score (nSPS) is 34.0. The molecule has 3 aliphatic rings. The molecule has 138 valence electrons. The molecule has 2 aliphatic heterocycles. The summed E-state index contributed by atoms with van der Waals surface area (Å²) >= 11 is 0. The zero-order valence-corrected chi connectivity index (χ0v) is 15.1. The van der Waals surface area contributed by atoms with Crippen LogP contribution in [0.3, 0.4) is 0 Å². The van der Waals surface area contributed by atoms with Crippen LogP contribution in [-0.4, -0.2) is 41.8 Å². The lowest BCUT2D eigenvalue weighted by Gasteiger charge is -2.39. The van der Waals surface area contributed by atoms with E-state index < -0.39 is 11.6 Å². The predicted octanol–water partition coefficient (Wildman–Crippen LogP) is 3.36. The van der Waals surface area contributed by atoms with E-state index in [1.54, 1.807) is 0 Å². The molecule has 3 fully saturated rings. The number of ether oxygens (including phenoxy) is 1. The molecule has 4 heteroatoms. The van der Waals surface area contributed by atoms with Crippen LogP contribution in [0.5, 0.6) is 0 Å². The van der Waals surface area contributed by atoms with Crippen molar-refractivity contribution in [3.05, 3.63) is 0 Å². The van der Waals surface area contributed by atoms with Crippen LogP contribution < -0.4 is 5.32 Å². The lowest BCUT2D eigenvalue weighted by molar-refractivity contribution is -0.136. The van der Waals surface area contributed by atoms with Gasteiger partial charge in [0.15, 0.2) is 5.78 Å². The fourth-order valence-electron chi connectivity index (χ4n) is 5.05. The van der Waals surface area contributed by atoms with Crippen LogP contribution in [0.1, 0.15) is 83.5 Å². The standard InChI is InChI=1S/C20H35NO3/c22-17(14-16-8-3-1-2-4-9-16)15-18(23)20(11-7-12-21-20)19-10-5-6-13-24-19/h16-17,19,21-22H,1-15H2/t17?,19-,20-/m0/s1. The van der Waals surface area contributed by atoms with Crippen molar-refractivity contribution in [1.82, 2.24) is 5.32 Å². The summed E-state index contributed by atoms with van der Waals surface area (Å²) < 4.78 is 5.97. The third-order valence-electron chi connectivity index (χ3n) is 6.42. The lowest BCUT2D eigenvalue weighted by atomic mass is 9.79. The second-order valence-electron chi connectivity index (χ2n) is 8.23. The molecule has 2 heterocycles. The molecule has 2 saturated heterocycles. The summed E-state index contributed by atoms with van der Waals surface area (Å²) in [5.41, 5.74) is -0.523. The number of hydrogen-bond donors (Lipinski definition) is 2. The maximum Gasteiger partial charge on any atom is 0.158 e. The van der Waals surface area contributed by atoms with Crippen molar-refractivity contribution in [2.24, 2.45) is 5.92 Å². The van der Waals surface area contributed by atoms with Crippen LogP contribution in [0, 0.1) is 5.92 Å². The van der Waals surface area contributed by atoms with Gasteiger partial charge in [-0.15, -0.1) is 0 Å². The van der Waals surface area contributed by atoms with Crippen molar-refractivity contribution in [1.29, 1.82) is 0 Å². The van der Waals surface area contributed by atoms with Gasteiger partial charge in [0, 0.05) is 13.0 Å². The Morgan fingerprint density at radius 2 is 1.83 bits per heavy atom. The number of nitrogens with one attached hydrogen (secondary N) is 1. The highest BCUT2D eigenvalue weighted by Crippen LogP contribution is 2.34. The van der Waals surface area contributed by atoms with E-state index in [1.807, 2.05) is 0 Å². The van der Waals surface area contributed by atoms with Crippen molar-refractivity contribution in [3.8, 4) is 0 Å². The quantitative estimate of drug-likeness (QED) is 0.730. The Bertz CT molecular complexity index is 392. The summed E-state index contributed by atoms with van der Waals surface area (Å²) in [5.74, 6) is 0.793. The number of rotatable bonds is 6. The Morgan fingerprint density at radius 1 is 1.08 bits per heavy atom. The van der Waals surface area contributed by atoms with Gasteiger partial charge in [-0.3, -0.25) is 4.79 Å². The van der Waals surface area contributed by atoms with Crippen molar-refractivity contribution in [2.45, 2.75) is 101 Å². The molecule has 1 aliphatic carbocycles. The molecule has 0 aromatic heterocycles. The van der Waals surface area contributed by atoms with E-state index in [-0.39, 0.29) is 11.9 Å². The molecule has 3 atom stereocenters. The molecule has 3 rings (SSSR count). The highest BCUT2D eigenvalue weighted by Gasteiger charge is 2.48. The molecule has 4 nitrogen and oxygen atoms in total. The maximum atomic E-state index is 13.1. The summed E-state index contributed by atoms with van der Waals surface area (Å²) in [7, 11) is 0. The summed E-state index contributed by atoms with van der Waals surface area (Å²) in [6.45, 7) is 1.66. The molecule has 24 heavy (non-hydrogen) atoms. The molecule has 0 amide bonds. The smallest absolute Gasteiger partial charge is 0.158 e. The third kappa shape index (κ3) is 4.39. The maximum absolute atomic E-state index is 13.1. The van der Waals surface area contributed by atoms with Gasteiger partial charge >= 0.3 is 0 Å². The third-order valence-corrected chi connectivity index (χ3v) is 6.42. The first kappa shape index (κ1) is 18.3. The Kier molecular flexibility index (Phi) is 6.71. The lowest BCUT2D eigenvalue weighted by Crippen LogP contribution is -2.59. The average molecular weight is 338 g/mol. The molecular formula is C20H35NO3. The Hall–Kier alpha value is -0.450. The van der Waals surface area contributed by atoms with Crippen LogP contribution in [0.4, 0.5) is 0 Å². The summed E-state index contributed by atoms with van der Waals surface area (Å²) in [6, 6.07) is 0. The molecular weight excluding hydrogens is 302 g/mol. The van der Waals surface area contributed by atoms with Gasteiger partial charge in [-0.1, -0.05) is 38.5 Å². The van der Waals surface area contributed by atoms with Gasteiger partial charge in [0.1, 0.15) is 5.54 Å². The molecule has 0 bridgehead atoms. The van der Waals surface area contributed by atoms with Gasteiger partial charge in [-0.25, -0.2) is 0 Å². The predicted molar refractivity (Wildman–Crippen MR) is 95.0 cm³/mol. The van der Waals surface area contributed by atoms with E-state index in [2.05, 4.69) is 5.32 Å². The second kappa shape index (κ2) is 8.77. The van der Waals surface area contributed by atoms with Crippen molar-refractivity contribution in [2.75, 3.05) is 13.2 Å². The number of Topliss-reactive ketones (excluding diaryl/α,β-unsaturated/α-hetero) is 1. The minimum Gasteiger partial charge on any atom is -0.393 e. The van der Waals surface area contributed by atoms with E-state index in [1.165, 1.54) is 38.5 Å². The molecule has 0 radical (unpaired) electrons. The Morgan fingerprint density at radius 3 is 2.46 bits per heavy atom. The Labute approximate surface area is 146 Å². The molecule has 1 saturated carbocycles. The van der Waals surface area contributed by atoms with Crippen LogP contribution in [0.2, 0.25) is 0 Å². The zero-order valence-electron chi connectivity index (χ0n) is 15.1. The van der Waals surface area contributed by atoms with E-state index >= 15 is 0 Å². The zero-order chi connectivity index (χ0) is 16.8. The first-order chi connectivity index (χ1) is 11.7. The van der Waals surface area contributed by atoms with E-state index in [0.29, 0.717) is 12.3 Å². The monoisotopic (exact) mass is 337 g/mol. The molecule has 0 aromatic carbocycles. The van der Waals surface area contributed by atoms with Crippen LogP contribution >= 0.6 is 0 Å². The van der Waals surface area contributed by atoms with Gasteiger partial charge in [-0.05, 0) is 51.0 Å². The average Bonchev–Trinajstić information content (AvgIpc) is 2.97. The molecule has 0 aromatic rings. The van der Waals surface area contributed by atoms with E-state index in [4.69, 9.17) is 4.74 Å². The highest BCUT2D eigenvalue weighted by molar-refractivity contribution is 5.90. The largest absolute Gasteiger partial charge is 0.393 e. The molecule has 2 N–H and O–H groups in total. The molecule has 0 spiro atoms. The van der Waals surface area contributed by atoms with Crippen molar-refractivity contribution >= 4 is 5.78 Å². The summed E-state index contributed by atoms with van der Waals surface area (Å²) in [4.78, 5) is 13.1. The number of aliphatic hydroxyl groups is 1. The van der Waals surface area contributed by atoms with Gasteiger partial charge in [0.25, 0.3) is 0 Å². The van der Waals surface area contributed by atoms with Gasteiger partial charge in [0.05, 0.1) is 12.2 Å². The number of aliphatic hydroxyl groups excluding tert-OH is 1. The van der Waals surface area contributed by atoms with Crippen LogP contribution in [-0.2, 0) is 9.53 Å². The number of ketones is 1. The summed E-state index contributed by atoms with van der Waals surface area (Å²) in [5, 5.41) is 14.0. The van der Waals surface area contributed by atoms with Gasteiger partial charge in [-0.2, -0.15) is 0 Å². The fourth-order valence-corrected chi connectivity index (χ4v) is 5.05. The first-order valence-corrected chi connectivity index (χ1v) is 10.3. The number of carbonyl (C=O) groups excluding carboxylic acids is 1. The minimum absolute atomic E-state index is 0.00586. The van der Waals surface area contributed by atoms with Crippen LogP contribution in [0.25, 0.3) is 0 Å². The van der Waals surface area contributed by atoms with Gasteiger partial charge in [0.2, 0.25) is 0 Å². The topological polar surface area (TPSA) is 58.6 Å². The SMILES string of the molecule is O=C(CC(O)CC1CCCCCC1)[C@]1([C@@H]2CCCCO2)CCCN1. The van der Waals surface area contributed by atoms with Gasteiger partial charge < -0.3 is 15.2 Å². The number of carbonyl (C=O) groups is 1. The highest BCUT2D eigenvalue weighted by atomic mass is 16.5. The Balaban J connectivity index is 1.56. The van der Waals surface area contributed by atoms with Crippen molar-refractivity contribution in [3.63, 3.8) is 0 Å². The van der Waals surface area contributed by atoms with E-state index in [9.17, 15) is 9.90 Å². The minimum atomic E-state index is -0.523. The summed E-state index contributed by atoms with van der Waals surface area (Å²) in [6.07, 6.45) is 13.4. The number of hydrogen-bond acceptors (Lipinski definition) is 4. The van der Waals surface area contributed by atoms with Crippen molar-refractivity contribution < 1.29 is 14.6 Å². The van der Waals surface area contributed by atoms with E-state index in [0.717, 1.165) is 51.7 Å². The second-order valence-corrected chi connectivity index (χ2v) is 8.23. The molecule has 1 unspecified atom stereocenters.